The second-order valence-electron chi connectivity index (χ2n) is 17.7. The Morgan fingerprint density at radius 1 is 0.565 bits per heavy atom. The molecule has 0 aromatic carbocycles. The number of hydrogen-bond acceptors (Lipinski definition) is 9. The molecule has 0 aromatic heterocycles. The van der Waals surface area contributed by atoms with E-state index < -0.39 is 61.5 Å². The quantitative estimate of drug-likeness (QED) is 0.0233. The summed E-state index contributed by atoms with van der Waals surface area (Å²) in [7, 11) is 0. The van der Waals surface area contributed by atoms with Gasteiger partial charge >= 0.3 is 0 Å². The summed E-state index contributed by atoms with van der Waals surface area (Å²) in [5.74, 6) is -0.631. The predicted molar refractivity (Wildman–Crippen MR) is 255 cm³/mol. The SMILES string of the molecule is CCCCCCC/C=C/CC/C=C/C(O)C(COC1OC(CO)C(O)C(O)C1O)NC(=O)C(O)CCCCCCCCCCCC/C=C\C/C=C\CCCCCCCCCCC. The zero-order chi connectivity index (χ0) is 45.3. The molecular formula is C52H95NO9. The Bertz CT molecular complexity index is 1130. The number of hydrogen-bond donors (Lipinski definition) is 7. The van der Waals surface area contributed by atoms with Crippen LogP contribution in [0.5, 0.6) is 0 Å². The van der Waals surface area contributed by atoms with E-state index in [4.69, 9.17) is 9.47 Å². The summed E-state index contributed by atoms with van der Waals surface area (Å²) >= 11 is 0. The van der Waals surface area contributed by atoms with Crippen LogP contribution in [0.3, 0.4) is 0 Å². The van der Waals surface area contributed by atoms with Crippen molar-refractivity contribution in [1.82, 2.24) is 5.32 Å². The molecule has 0 radical (unpaired) electrons. The molecule has 0 spiro atoms. The minimum absolute atomic E-state index is 0.299. The third-order valence-corrected chi connectivity index (χ3v) is 12.0. The fraction of sp³-hybridized carbons (Fsp3) is 0.827. The predicted octanol–water partition coefficient (Wildman–Crippen LogP) is 10.4. The van der Waals surface area contributed by atoms with Gasteiger partial charge in [0.25, 0.3) is 0 Å². The molecule has 0 bridgehead atoms. The topological polar surface area (TPSA) is 169 Å². The summed E-state index contributed by atoms with van der Waals surface area (Å²) in [6, 6.07) is -0.998. The number of nitrogens with one attached hydrogen (secondary N) is 1. The number of aliphatic hydroxyl groups excluding tert-OH is 6. The molecule has 0 aliphatic carbocycles. The van der Waals surface area contributed by atoms with E-state index in [0.717, 1.165) is 38.5 Å². The van der Waals surface area contributed by atoms with E-state index in [2.05, 4.69) is 55.6 Å². The number of carbonyl (C=O) groups is 1. The van der Waals surface area contributed by atoms with E-state index in [1.165, 1.54) is 141 Å². The Labute approximate surface area is 378 Å². The van der Waals surface area contributed by atoms with Crippen LogP contribution in [-0.4, -0.2) is 98.7 Å². The second-order valence-corrected chi connectivity index (χ2v) is 17.7. The number of unbranched alkanes of at least 4 members (excludes halogenated alkanes) is 25. The number of amides is 1. The summed E-state index contributed by atoms with van der Waals surface area (Å²) in [5.41, 5.74) is 0. The zero-order valence-corrected chi connectivity index (χ0v) is 39.5. The van der Waals surface area contributed by atoms with E-state index in [1.54, 1.807) is 6.08 Å². The fourth-order valence-electron chi connectivity index (χ4n) is 7.80. The first-order valence-corrected chi connectivity index (χ1v) is 25.5. The van der Waals surface area contributed by atoms with Gasteiger partial charge in [0.05, 0.1) is 25.4 Å². The van der Waals surface area contributed by atoms with Crippen LogP contribution < -0.4 is 5.32 Å². The summed E-state index contributed by atoms with van der Waals surface area (Å²) < 4.78 is 11.1. The first-order chi connectivity index (χ1) is 30.3. The van der Waals surface area contributed by atoms with E-state index in [9.17, 15) is 35.4 Å². The van der Waals surface area contributed by atoms with Crippen LogP contribution in [0.2, 0.25) is 0 Å². The molecule has 8 atom stereocenters. The van der Waals surface area contributed by atoms with Crippen molar-refractivity contribution in [2.45, 2.75) is 262 Å². The van der Waals surface area contributed by atoms with Gasteiger partial charge in [0.15, 0.2) is 6.29 Å². The zero-order valence-electron chi connectivity index (χ0n) is 39.5. The van der Waals surface area contributed by atoms with E-state index >= 15 is 0 Å². The molecule has 8 unspecified atom stereocenters. The molecule has 7 N–H and O–H groups in total. The maximum Gasteiger partial charge on any atom is 0.249 e. The van der Waals surface area contributed by atoms with Crippen LogP contribution in [-0.2, 0) is 14.3 Å². The summed E-state index contributed by atoms with van der Waals surface area (Å²) in [6.45, 7) is 3.56. The molecule has 1 amide bonds. The van der Waals surface area contributed by atoms with Gasteiger partial charge in [-0.1, -0.05) is 197 Å². The van der Waals surface area contributed by atoms with Crippen LogP contribution in [0.1, 0.15) is 213 Å². The van der Waals surface area contributed by atoms with Gasteiger partial charge in [-0.05, 0) is 64.2 Å². The number of ether oxygens (including phenoxy) is 2. The Hall–Kier alpha value is -1.89. The van der Waals surface area contributed by atoms with Crippen LogP contribution in [0.4, 0.5) is 0 Å². The molecule has 1 rings (SSSR count). The van der Waals surface area contributed by atoms with Gasteiger partial charge in [0, 0.05) is 0 Å². The first kappa shape index (κ1) is 58.1. The van der Waals surface area contributed by atoms with Crippen LogP contribution in [0, 0.1) is 0 Å². The molecule has 1 saturated heterocycles. The van der Waals surface area contributed by atoms with Crippen molar-refractivity contribution in [3.63, 3.8) is 0 Å². The van der Waals surface area contributed by atoms with Gasteiger partial charge in [0.2, 0.25) is 5.91 Å². The molecule has 1 aliphatic heterocycles. The van der Waals surface area contributed by atoms with Gasteiger partial charge in [-0.25, -0.2) is 0 Å². The standard InChI is InChI=1S/C52H95NO9/c1-3-5-7-9-11-13-15-16-17-18-19-20-21-22-23-24-25-26-27-28-29-31-33-35-37-39-41-46(56)51(60)53-44(43-61-52-50(59)49(58)48(57)47(42-54)62-52)45(55)40-38-36-34-32-30-14-12-10-8-6-4-2/h19-20,22-23,30,32,38,40,44-50,52,54-59H,3-18,21,24-29,31,33-37,39,41-43H2,1-2H3,(H,53,60)/b20-19-,23-22-,32-30+,40-38+. The van der Waals surface area contributed by atoms with Gasteiger partial charge in [-0.15, -0.1) is 0 Å². The lowest BCUT2D eigenvalue weighted by molar-refractivity contribution is -0.302. The minimum Gasteiger partial charge on any atom is -0.394 e. The molecule has 0 aromatic rings. The van der Waals surface area contributed by atoms with Crippen molar-refractivity contribution in [3.8, 4) is 0 Å². The summed E-state index contributed by atoms with van der Waals surface area (Å²) in [5, 5.41) is 64.6. The van der Waals surface area contributed by atoms with E-state index in [0.29, 0.717) is 19.3 Å². The van der Waals surface area contributed by atoms with Gasteiger partial charge in [-0.3, -0.25) is 4.79 Å². The molecule has 10 heteroatoms. The van der Waals surface area contributed by atoms with Gasteiger partial charge in [0.1, 0.15) is 30.5 Å². The molecule has 62 heavy (non-hydrogen) atoms. The van der Waals surface area contributed by atoms with E-state index in [-0.39, 0.29) is 6.61 Å². The Morgan fingerprint density at radius 3 is 1.50 bits per heavy atom. The average Bonchev–Trinajstić information content (AvgIpc) is 3.27. The summed E-state index contributed by atoms with van der Waals surface area (Å²) in [4.78, 5) is 13.0. The van der Waals surface area contributed by atoms with Crippen molar-refractivity contribution in [1.29, 1.82) is 0 Å². The highest BCUT2D eigenvalue weighted by molar-refractivity contribution is 5.80. The second kappa shape index (κ2) is 41.8. The monoisotopic (exact) mass is 878 g/mol. The fourth-order valence-corrected chi connectivity index (χ4v) is 7.80. The molecule has 1 heterocycles. The van der Waals surface area contributed by atoms with E-state index in [1.807, 2.05) is 6.08 Å². The average molecular weight is 878 g/mol. The van der Waals surface area contributed by atoms with Crippen LogP contribution >= 0.6 is 0 Å². The normalized spacial score (nSPS) is 21.2. The van der Waals surface area contributed by atoms with Crippen LogP contribution in [0.15, 0.2) is 48.6 Å². The maximum absolute atomic E-state index is 13.0. The lowest BCUT2D eigenvalue weighted by Gasteiger charge is -2.40. The third kappa shape index (κ3) is 31.1. The molecule has 1 aliphatic rings. The molecule has 362 valence electrons. The maximum atomic E-state index is 13.0. The highest BCUT2D eigenvalue weighted by Crippen LogP contribution is 2.23. The van der Waals surface area contributed by atoms with Crippen molar-refractivity contribution in [2.24, 2.45) is 0 Å². The Balaban J connectivity index is 2.27. The van der Waals surface area contributed by atoms with Crippen molar-refractivity contribution < 1.29 is 44.9 Å². The molecule has 0 saturated carbocycles. The Kier molecular flexibility index (Phi) is 39.2. The molecular weight excluding hydrogens is 783 g/mol. The van der Waals surface area contributed by atoms with Crippen molar-refractivity contribution in [2.75, 3.05) is 13.2 Å². The third-order valence-electron chi connectivity index (χ3n) is 12.0. The number of rotatable bonds is 42. The van der Waals surface area contributed by atoms with Crippen molar-refractivity contribution in [3.05, 3.63) is 48.6 Å². The first-order valence-electron chi connectivity index (χ1n) is 25.5. The molecule has 10 nitrogen and oxygen atoms in total. The highest BCUT2D eigenvalue weighted by Gasteiger charge is 2.44. The lowest BCUT2D eigenvalue weighted by atomic mass is 9.99. The van der Waals surface area contributed by atoms with Crippen molar-refractivity contribution >= 4 is 5.91 Å². The largest absolute Gasteiger partial charge is 0.394 e. The van der Waals surface area contributed by atoms with Gasteiger partial charge in [-0.2, -0.15) is 0 Å². The van der Waals surface area contributed by atoms with Crippen LogP contribution in [0.25, 0.3) is 0 Å². The number of carbonyl (C=O) groups excluding carboxylic acids is 1. The number of aliphatic hydroxyl groups is 6. The highest BCUT2D eigenvalue weighted by atomic mass is 16.7. The Morgan fingerprint density at radius 2 is 1.00 bits per heavy atom. The lowest BCUT2D eigenvalue weighted by Crippen LogP contribution is -2.60. The molecule has 1 fully saturated rings. The van der Waals surface area contributed by atoms with Gasteiger partial charge < -0.3 is 45.4 Å². The minimum atomic E-state index is -1.62. The smallest absolute Gasteiger partial charge is 0.249 e. The number of allylic oxidation sites excluding steroid dienone is 7. The summed E-state index contributed by atoms with van der Waals surface area (Å²) in [6.07, 6.45) is 43.6.